The van der Waals surface area contributed by atoms with E-state index in [1.807, 2.05) is 38.9 Å². The quantitative estimate of drug-likeness (QED) is 0.837. The Labute approximate surface area is 118 Å². The van der Waals surface area contributed by atoms with Crippen molar-refractivity contribution in [2.45, 2.75) is 31.5 Å². The van der Waals surface area contributed by atoms with Crippen molar-refractivity contribution in [3.63, 3.8) is 0 Å². The normalized spacial score (nSPS) is 31.1. The van der Waals surface area contributed by atoms with Crippen molar-refractivity contribution in [2.75, 3.05) is 19.0 Å². The van der Waals surface area contributed by atoms with Crippen molar-refractivity contribution >= 4 is 24.2 Å². The molecule has 0 aromatic heterocycles. The zero-order valence-corrected chi connectivity index (χ0v) is 12.1. The number of fused-ring (bicyclic) bond motifs is 1. The van der Waals surface area contributed by atoms with Gasteiger partial charge in [-0.2, -0.15) is 0 Å². The molecule has 1 heterocycles. The third-order valence-corrected chi connectivity index (χ3v) is 4.38. The fourth-order valence-electron chi connectivity index (χ4n) is 2.72. The molecule has 2 unspecified atom stereocenters. The Hall–Kier alpha value is -1.53. The molecule has 20 heavy (non-hydrogen) atoms. The molecule has 1 aromatic carbocycles. The Morgan fingerprint density at radius 1 is 1.25 bits per heavy atom. The first-order valence-corrected chi connectivity index (χ1v) is 6.65. The molecule has 1 aliphatic heterocycles. The first-order chi connectivity index (χ1) is 9.24. The van der Waals surface area contributed by atoms with Gasteiger partial charge >= 0.3 is 13.1 Å². The lowest BCUT2D eigenvalue weighted by molar-refractivity contribution is 0.0697. The monoisotopic (exact) mass is 275 g/mol. The summed E-state index contributed by atoms with van der Waals surface area (Å²) in [5, 5.41) is 9.22. The highest BCUT2D eigenvalue weighted by molar-refractivity contribution is 6.62. The maximum Gasteiger partial charge on any atom is 0.494 e. The van der Waals surface area contributed by atoms with E-state index in [1.54, 1.807) is 12.1 Å². The number of rotatable bonds is 3. The van der Waals surface area contributed by atoms with E-state index >= 15 is 0 Å². The fourth-order valence-corrected chi connectivity index (χ4v) is 2.72. The Balaban J connectivity index is 1.96. The van der Waals surface area contributed by atoms with Gasteiger partial charge in [0, 0.05) is 26.2 Å². The largest absolute Gasteiger partial charge is 0.494 e. The number of hydrogen-bond acceptors (Lipinski definition) is 4. The molecule has 1 aromatic rings. The Morgan fingerprint density at radius 3 is 2.35 bits per heavy atom. The van der Waals surface area contributed by atoms with Gasteiger partial charge < -0.3 is 19.3 Å². The van der Waals surface area contributed by atoms with E-state index in [0.717, 1.165) is 17.6 Å². The van der Waals surface area contributed by atoms with Gasteiger partial charge in [0.15, 0.2) is 0 Å². The lowest BCUT2D eigenvalue weighted by Gasteiger charge is -2.17. The maximum atomic E-state index is 11.2. The van der Waals surface area contributed by atoms with E-state index in [-0.39, 0.29) is 16.8 Å². The van der Waals surface area contributed by atoms with Crippen LogP contribution in [-0.2, 0) is 9.31 Å². The zero-order chi connectivity index (χ0) is 14.7. The van der Waals surface area contributed by atoms with Crippen molar-refractivity contribution in [3.05, 3.63) is 23.8 Å². The molecule has 0 radical (unpaired) electrons. The topological polar surface area (TPSA) is 59.0 Å². The smallest absolute Gasteiger partial charge is 0.478 e. The average Bonchev–Trinajstić information content (AvgIpc) is 2.78. The van der Waals surface area contributed by atoms with E-state index in [0.29, 0.717) is 0 Å². The predicted octanol–water partition coefficient (Wildman–Crippen LogP) is 1.11. The van der Waals surface area contributed by atoms with E-state index in [2.05, 4.69) is 0 Å². The van der Waals surface area contributed by atoms with Crippen LogP contribution >= 0.6 is 0 Å². The first-order valence-electron chi connectivity index (χ1n) is 6.65. The minimum atomic E-state index is -0.949. The highest BCUT2D eigenvalue weighted by Crippen LogP contribution is 2.58. The van der Waals surface area contributed by atoms with E-state index < -0.39 is 13.1 Å². The number of nitrogens with zero attached hydrogens (tertiary/aromatic N) is 1. The molecule has 1 saturated carbocycles. The van der Waals surface area contributed by atoms with Crippen LogP contribution in [0.5, 0.6) is 0 Å². The molecular weight excluding hydrogens is 257 g/mol. The van der Waals surface area contributed by atoms with Gasteiger partial charge in [0.1, 0.15) is 0 Å². The summed E-state index contributed by atoms with van der Waals surface area (Å²) in [4.78, 5) is 13.1. The highest BCUT2D eigenvalue weighted by atomic mass is 16.7. The Bertz CT molecular complexity index is 575. The molecule has 2 atom stereocenters. The van der Waals surface area contributed by atoms with Crippen LogP contribution in [0.2, 0.25) is 0 Å². The SMILES string of the molecule is CN(C)c1cc(B2OC3(C)CC3(C)O2)cc(C(=O)O)c1. The maximum absolute atomic E-state index is 11.2. The van der Waals surface area contributed by atoms with Gasteiger partial charge in [-0.05, 0) is 37.5 Å². The number of carboxylic acid groups (broad SMARTS) is 1. The summed E-state index contributed by atoms with van der Waals surface area (Å²) < 4.78 is 11.9. The van der Waals surface area contributed by atoms with Crippen LogP contribution in [0.3, 0.4) is 0 Å². The van der Waals surface area contributed by atoms with E-state index in [4.69, 9.17) is 9.31 Å². The van der Waals surface area contributed by atoms with Crippen LogP contribution in [0.25, 0.3) is 0 Å². The molecule has 106 valence electrons. The van der Waals surface area contributed by atoms with Crippen LogP contribution in [0.1, 0.15) is 30.6 Å². The molecule has 2 fully saturated rings. The summed E-state index contributed by atoms with van der Waals surface area (Å²) in [7, 11) is 3.26. The first kappa shape index (κ1) is 13.5. The lowest BCUT2D eigenvalue weighted by atomic mass is 9.77. The predicted molar refractivity (Wildman–Crippen MR) is 76.7 cm³/mol. The second-order valence-corrected chi connectivity index (χ2v) is 6.22. The molecule has 5 nitrogen and oxygen atoms in total. The van der Waals surface area contributed by atoms with Gasteiger partial charge in [-0.15, -0.1) is 0 Å². The van der Waals surface area contributed by atoms with Gasteiger partial charge in [0.05, 0.1) is 16.8 Å². The summed E-state index contributed by atoms with van der Waals surface area (Å²) in [6, 6.07) is 5.18. The minimum Gasteiger partial charge on any atom is -0.478 e. The van der Waals surface area contributed by atoms with Crippen LogP contribution in [-0.4, -0.2) is 43.5 Å². The standard InChI is InChI=1S/C14H18BNO4/c1-13-8-14(13,2)20-15(19-13)10-5-9(12(17)18)6-11(7-10)16(3)4/h5-7H,8H2,1-4H3,(H,17,18). The van der Waals surface area contributed by atoms with Crippen molar-refractivity contribution in [1.82, 2.24) is 0 Å². The van der Waals surface area contributed by atoms with Crippen molar-refractivity contribution in [3.8, 4) is 0 Å². The molecular formula is C14H18BNO4. The molecule has 1 saturated heterocycles. The third-order valence-electron chi connectivity index (χ3n) is 4.38. The van der Waals surface area contributed by atoms with Gasteiger partial charge in [-0.3, -0.25) is 0 Å². The number of anilines is 1. The Kier molecular flexibility index (Phi) is 2.69. The van der Waals surface area contributed by atoms with Crippen LogP contribution in [0.4, 0.5) is 5.69 Å². The molecule has 3 rings (SSSR count). The van der Waals surface area contributed by atoms with E-state index in [1.165, 1.54) is 0 Å². The number of hydrogen-bond donors (Lipinski definition) is 1. The zero-order valence-electron chi connectivity index (χ0n) is 12.1. The molecule has 0 bridgehead atoms. The molecule has 1 aliphatic carbocycles. The van der Waals surface area contributed by atoms with Gasteiger partial charge in [0.2, 0.25) is 0 Å². The summed E-state index contributed by atoms with van der Waals surface area (Å²) in [5.41, 5.74) is 1.34. The minimum absolute atomic E-state index is 0.241. The van der Waals surface area contributed by atoms with Crippen LogP contribution in [0, 0.1) is 0 Å². The van der Waals surface area contributed by atoms with Crippen molar-refractivity contribution < 1.29 is 19.2 Å². The molecule has 1 N–H and O–H groups in total. The average molecular weight is 275 g/mol. The fraction of sp³-hybridized carbons (Fsp3) is 0.500. The lowest BCUT2D eigenvalue weighted by Crippen LogP contribution is -2.36. The van der Waals surface area contributed by atoms with Gasteiger partial charge in [0.25, 0.3) is 0 Å². The summed E-state index contributed by atoms with van der Waals surface area (Å²) in [5.74, 6) is -0.949. The number of carboxylic acids is 1. The molecule has 0 spiro atoms. The van der Waals surface area contributed by atoms with Crippen LogP contribution in [0.15, 0.2) is 18.2 Å². The van der Waals surface area contributed by atoms with Crippen molar-refractivity contribution in [2.24, 2.45) is 0 Å². The molecule has 2 aliphatic rings. The van der Waals surface area contributed by atoms with E-state index in [9.17, 15) is 9.90 Å². The second kappa shape index (κ2) is 3.99. The molecule has 6 heteroatoms. The highest BCUT2D eigenvalue weighted by Gasteiger charge is 2.71. The van der Waals surface area contributed by atoms with Gasteiger partial charge in [-0.25, -0.2) is 4.79 Å². The number of benzene rings is 1. The van der Waals surface area contributed by atoms with Crippen LogP contribution < -0.4 is 10.4 Å². The molecule has 0 amide bonds. The summed E-state index contributed by atoms with van der Waals surface area (Å²) >= 11 is 0. The summed E-state index contributed by atoms with van der Waals surface area (Å²) in [6.07, 6.45) is 0.885. The number of aromatic carboxylic acids is 1. The van der Waals surface area contributed by atoms with Crippen molar-refractivity contribution in [1.29, 1.82) is 0 Å². The second-order valence-electron chi connectivity index (χ2n) is 6.22. The number of carbonyl (C=O) groups is 1. The Morgan fingerprint density at radius 2 is 1.85 bits per heavy atom. The third kappa shape index (κ3) is 1.91. The van der Waals surface area contributed by atoms with Gasteiger partial charge in [-0.1, -0.05) is 0 Å². The summed E-state index contributed by atoms with van der Waals surface area (Å²) in [6.45, 7) is 4.06.